The second-order valence-corrected chi connectivity index (χ2v) is 3.65. The molecule has 0 aliphatic heterocycles. The fourth-order valence-corrected chi connectivity index (χ4v) is 1.56. The lowest BCUT2D eigenvalue weighted by Gasteiger charge is -2.05. The highest BCUT2D eigenvalue weighted by atomic mass is 35.5. The lowest BCUT2D eigenvalue weighted by atomic mass is 10.4. The van der Waals surface area contributed by atoms with Gasteiger partial charge in [-0.1, -0.05) is 11.6 Å². The van der Waals surface area contributed by atoms with E-state index in [0.717, 1.165) is 0 Å². The van der Waals surface area contributed by atoms with Gasteiger partial charge in [-0.3, -0.25) is 0 Å². The molecule has 0 radical (unpaired) electrons. The molecule has 0 aliphatic rings. The summed E-state index contributed by atoms with van der Waals surface area (Å²) in [6, 6.07) is 0. The Morgan fingerprint density at radius 1 is 1.60 bits per heavy atom. The molecule has 0 aromatic carbocycles. The Morgan fingerprint density at radius 3 is 3.00 bits per heavy atom. The highest BCUT2D eigenvalue weighted by Gasteiger charge is 2.11. The van der Waals surface area contributed by atoms with Crippen molar-refractivity contribution in [2.75, 3.05) is 5.73 Å². The second kappa shape index (κ2) is 3.63. The van der Waals surface area contributed by atoms with Crippen molar-refractivity contribution < 1.29 is 5.11 Å². The zero-order valence-electron chi connectivity index (χ0n) is 8.05. The van der Waals surface area contributed by atoms with Crippen LogP contribution in [0.3, 0.4) is 0 Å². The summed E-state index contributed by atoms with van der Waals surface area (Å²) in [6.45, 7) is 2.07. The fraction of sp³-hybridized carbons (Fsp3) is 0.375. The van der Waals surface area contributed by atoms with E-state index in [0.29, 0.717) is 17.7 Å². The van der Waals surface area contributed by atoms with Gasteiger partial charge in [0.1, 0.15) is 5.52 Å². The summed E-state index contributed by atoms with van der Waals surface area (Å²) in [5.74, 6) is 0.0971. The van der Waals surface area contributed by atoms with Gasteiger partial charge in [0.2, 0.25) is 5.95 Å². The van der Waals surface area contributed by atoms with Crippen LogP contribution in [0.1, 0.15) is 6.92 Å². The molecule has 2 rings (SSSR count). The fourth-order valence-electron chi connectivity index (χ4n) is 1.34. The van der Waals surface area contributed by atoms with Crippen molar-refractivity contribution in [2.24, 2.45) is 0 Å². The van der Waals surface area contributed by atoms with Crippen LogP contribution in [0.25, 0.3) is 11.2 Å². The van der Waals surface area contributed by atoms with Gasteiger partial charge in [-0.05, 0) is 6.92 Å². The molecule has 0 fully saturated rings. The number of nitrogens with zero attached hydrogens (tertiary/aromatic N) is 4. The number of halogens is 1. The molecule has 0 spiro atoms. The number of hydrogen-bond donors (Lipinski definition) is 2. The van der Waals surface area contributed by atoms with Crippen LogP contribution < -0.4 is 5.73 Å². The molecule has 1 unspecified atom stereocenters. The van der Waals surface area contributed by atoms with Crippen LogP contribution in [0.15, 0.2) is 6.33 Å². The van der Waals surface area contributed by atoms with Crippen LogP contribution in [0.4, 0.5) is 5.95 Å². The molecule has 1 atom stereocenters. The van der Waals surface area contributed by atoms with Crippen LogP contribution in [0, 0.1) is 0 Å². The Balaban J connectivity index is 2.58. The lowest BCUT2D eigenvalue weighted by Crippen LogP contribution is -2.11. The van der Waals surface area contributed by atoms with Gasteiger partial charge < -0.3 is 15.4 Å². The number of aliphatic hydroxyl groups excluding tert-OH is 1. The maximum atomic E-state index is 9.27. The third-order valence-corrected chi connectivity index (χ3v) is 2.16. The summed E-state index contributed by atoms with van der Waals surface area (Å²) in [5, 5.41) is 9.49. The first-order valence-corrected chi connectivity index (χ1v) is 4.77. The maximum Gasteiger partial charge on any atom is 0.223 e. The van der Waals surface area contributed by atoms with Crippen molar-refractivity contribution in [1.29, 1.82) is 0 Å². The van der Waals surface area contributed by atoms with Crippen LogP contribution >= 0.6 is 11.6 Å². The Bertz CT molecular complexity index is 495. The van der Waals surface area contributed by atoms with Crippen molar-refractivity contribution in [3.8, 4) is 0 Å². The summed E-state index contributed by atoms with van der Waals surface area (Å²) in [4.78, 5) is 11.9. The van der Waals surface area contributed by atoms with E-state index in [9.17, 15) is 5.11 Å². The van der Waals surface area contributed by atoms with Gasteiger partial charge in [-0.15, -0.1) is 0 Å². The second-order valence-electron chi connectivity index (χ2n) is 3.29. The Kier molecular flexibility index (Phi) is 2.45. The van der Waals surface area contributed by atoms with E-state index in [2.05, 4.69) is 15.0 Å². The standard InChI is InChI=1S/C8H10ClN5O/c1-4(15)2-14-3-11-5-6(9)12-8(10)13-7(5)14/h3-4,15H,2H2,1H3,(H2,10,12,13). The molecule has 0 saturated carbocycles. The molecule has 0 saturated heterocycles. The van der Waals surface area contributed by atoms with E-state index in [1.807, 2.05) is 0 Å². The highest BCUT2D eigenvalue weighted by molar-refractivity contribution is 6.33. The van der Waals surface area contributed by atoms with Gasteiger partial charge in [0.25, 0.3) is 0 Å². The van der Waals surface area contributed by atoms with Gasteiger partial charge in [-0.2, -0.15) is 9.97 Å². The molecular formula is C8H10ClN5O. The molecule has 0 bridgehead atoms. The lowest BCUT2D eigenvalue weighted by molar-refractivity contribution is 0.175. The number of nitrogen functional groups attached to an aromatic ring is 1. The molecule has 2 heterocycles. The predicted molar refractivity (Wildman–Crippen MR) is 56.4 cm³/mol. The molecule has 2 aromatic heterocycles. The maximum absolute atomic E-state index is 9.27. The Labute approximate surface area is 90.7 Å². The Morgan fingerprint density at radius 2 is 2.33 bits per heavy atom. The quantitative estimate of drug-likeness (QED) is 0.727. The number of anilines is 1. The third kappa shape index (κ3) is 1.86. The van der Waals surface area contributed by atoms with Gasteiger partial charge >= 0.3 is 0 Å². The third-order valence-electron chi connectivity index (χ3n) is 1.90. The van der Waals surface area contributed by atoms with E-state index in [4.69, 9.17) is 17.3 Å². The van der Waals surface area contributed by atoms with Crippen LogP contribution in [-0.2, 0) is 6.54 Å². The van der Waals surface area contributed by atoms with E-state index < -0.39 is 6.10 Å². The molecule has 2 aromatic rings. The summed E-state index contributed by atoms with van der Waals surface area (Å²) in [6.07, 6.45) is 1.06. The molecule has 15 heavy (non-hydrogen) atoms. The number of hydrogen-bond acceptors (Lipinski definition) is 5. The zero-order chi connectivity index (χ0) is 11.0. The minimum atomic E-state index is -0.489. The van der Waals surface area contributed by atoms with Gasteiger partial charge in [0, 0.05) is 0 Å². The number of imidazole rings is 1. The van der Waals surface area contributed by atoms with Crippen molar-refractivity contribution in [3.05, 3.63) is 11.5 Å². The van der Waals surface area contributed by atoms with Crippen LogP contribution in [-0.4, -0.2) is 30.7 Å². The minimum absolute atomic E-state index is 0.0971. The van der Waals surface area contributed by atoms with E-state index in [1.165, 1.54) is 0 Å². The first-order chi connectivity index (χ1) is 7.08. The Hall–Kier alpha value is -1.40. The SMILES string of the molecule is CC(O)Cn1cnc2c(Cl)nc(N)nc21. The molecule has 0 aliphatic carbocycles. The highest BCUT2D eigenvalue weighted by Crippen LogP contribution is 2.19. The van der Waals surface area contributed by atoms with Crippen molar-refractivity contribution in [2.45, 2.75) is 19.6 Å². The van der Waals surface area contributed by atoms with E-state index in [-0.39, 0.29) is 11.1 Å². The minimum Gasteiger partial charge on any atom is -0.392 e. The van der Waals surface area contributed by atoms with E-state index >= 15 is 0 Å². The van der Waals surface area contributed by atoms with Gasteiger partial charge in [0.05, 0.1) is 19.0 Å². The topological polar surface area (TPSA) is 89.8 Å². The smallest absolute Gasteiger partial charge is 0.223 e. The average Bonchev–Trinajstić information content (AvgIpc) is 2.48. The first-order valence-electron chi connectivity index (χ1n) is 4.40. The monoisotopic (exact) mass is 227 g/mol. The van der Waals surface area contributed by atoms with Gasteiger partial charge in [-0.25, -0.2) is 4.98 Å². The number of nitrogens with two attached hydrogens (primary N) is 1. The summed E-state index contributed by atoms with van der Waals surface area (Å²) >= 11 is 5.84. The molecule has 0 amide bonds. The predicted octanol–water partition coefficient (Wildman–Crippen LogP) is 0.443. The summed E-state index contributed by atoms with van der Waals surface area (Å²) in [5.41, 5.74) is 6.50. The molecular weight excluding hydrogens is 218 g/mol. The van der Waals surface area contributed by atoms with Crippen LogP contribution in [0.2, 0.25) is 5.15 Å². The number of fused-ring (bicyclic) bond motifs is 1. The number of rotatable bonds is 2. The number of aliphatic hydroxyl groups is 1. The summed E-state index contributed by atoms with van der Waals surface area (Å²) in [7, 11) is 0. The molecule has 6 nitrogen and oxygen atoms in total. The largest absolute Gasteiger partial charge is 0.392 e. The molecule has 7 heteroatoms. The van der Waals surface area contributed by atoms with Crippen molar-refractivity contribution in [3.63, 3.8) is 0 Å². The van der Waals surface area contributed by atoms with E-state index in [1.54, 1.807) is 17.8 Å². The first kappa shape index (κ1) is 10.1. The summed E-state index contributed by atoms with van der Waals surface area (Å²) < 4.78 is 1.68. The number of aromatic nitrogens is 4. The van der Waals surface area contributed by atoms with Crippen LogP contribution in [0.5, 0.6) is 0 Å². The van der Waals surface area contributed by atoms with Gasteiger partial charge in [0.15, 0.2) is 10.8 Å². The normalized spacial score (nSPS) is 13.3. The van der Waals surface area contributed by atoms with Crippen molar-refractivity contribution >= 4 is 28.7 Å². The van der Waals surface area contributed by atoms with Crippen molar-refractivity contribution in [1.82, 2.24) is 19.5 Å². The zero-order valence-corrected chi connectivity index (χ0v) is 8.81. The molecule has 80 valence electrons. The average molecular weight is 228 g/mol. The molecule has 3 N–H and O–H groups in total.